The number of pyridine rings is 1. The van der Waals surface area contributed by atoms with Crippen LogP contribution in [-0.4, -0.2) is 21.7 Å². The number of nitrogens with zero attached hydrogens (tertiary/aromatic N) is 3. The predicted octanol–water partition coefficient (Wildman–Crippen LogP) is 3.91. The molecule has 5 nitrogen and oxygen atoms in total. The topological polar surface area (TPSA) is 63.8 Å². The van der Waals surface area contributed by atoms with Gasteiger partial charge in [0.2, 0.25) is 5.89 Å². The normalized spacial score (nSPS) is 12.0. The van der Waals surface area contributed by atoms with Crippen LogP contribution in [0.25, 0.3) is 0 Å². The van der Waals surface area contributed by atoms with Crippen LogP contribution in [-0.2, 0) is 12.6 Å². The molecule has 2 heterocycles. The Morgan fingerprint density at radius 2 is 2.09 bits per heavy atom. The summed E-state index contributed by atoms with van der Waals surface area (Å²) in [5.41, 5.74) is -0.887. The number of anilines is 1. The summed E-state index contributed by atoms with van der Waals surface area (Å²) in [5, 5.41) is 6.56. The summed E-state index contributed by atoms with van der Waals surface area (Å²) in [4.78, 5) is 7.87. The fraction of sp³-hybridized carbons (Fsp3) is 0.462. The van der Waals surface area contributed by atoms with Gasteiger partial charge in [0.15, 0.2) is 5.82 Å². The van der Waals surface area contributed by atoms with Gasteiger partial charge >= 0.3 is 6.18 Å². The summed E-state index contributed by atoms with van der Waals surface area (Å²) >= 11 is 5.79. The van der Waals surface area contributed by atoms with Crippen molar-refractivity contribution in [2.75, 3.05) is 11.9 Å². The van der Waals surface area contributed by atoms with Crippen LogP contribution in [0.5, 0.6) is 0 Å². The van der Waals surface area contributed by atoms with E-state index in [-0.39, 0.29) is 16.8 Å². The van der Waals surface area contributed by atoms with Gasteiger partial charge in [-0.2, -0.15) is 18.2 Å². The van der Waals surface area contributed by atoms with Crippen molar-refractivity contribution in [3.05, 3.63) is 34.6 Å². The Morgan fingerprint density at radius 3 is 2.64 bits per heavy atom. The van der Waals surface area contributed by atoms with E-state index in [0.717, 1.165) is 12.3 Å². The Morgan fingerprint density at radius 1 is 1.36 bits per heavy atom. The van der Waals surface area contributed by atoms with E-state index >= 15 is 0 Å². The minimum Gasteiger partial charge on any atom is -0.368 e. The number of alkyl halides is 3. The Bertz CT molecular complexity index is 642. The molecule has 2 aromatic rings. The maximum Gasteiger partial charge on any atom is 0.417 e. The Hall–Kier alpha value is -1.83. The third-order valence-corrected chi connectivity index (χ3v) is 3.09. The highest BCUT2D eigenvalue weighted by molar-refractivity contribution is 6.32. The first kappa shape index (κ1) is 16.5. The molecule has 0 atom stereocenters. The molecule has 0 spiro atoms. The first-order chi connectivity index (χ1) is 10.3. The fourth-order valence-electron chi connectivity index (χ4n) is 1.61. The van der Waals surface area contributed by atoms with Gasteiger partial charge in [-0.1, -0.05) is 30.6 Å². The SMILES string of the molecule is CC(C)c1noc(CCNc2ncc(C(F)(F)F)cc2Cl)n1. The van der Waals surface area contributed by atoms with Gasteiger partial charge < -0.3 is 9.84 Å². The van der Waals surface area contributed by atoms with Crippen LogP contribution in [0.2, 0.25) is 5.02 Å². The zero-order chi connectivity index (χ0) is 16.3. The van der Waals surface area contributed by atoms with Crippen LogP contribution in [0.1, 0.15) is 37.0 Å². The van der Waals surface area contributed by atoms with Crippen molar-refractivity contribution in [2.24, 2.45) is 0 Å². The molecular formula is C13H14ClF3N4O. The number of rotatable bonds is 5. The molecule has 0 radical (unpaired) electrons. The fourth-order valence-corrected chi connectivity index (χ4v) is 1.85. The highest BCUT2D eigenvalue weighted by Gasteiger charge is 2.31. The van der Waals surface area contributed by atoms with Crippen molar-refractivity contribution >= 4 is 17.4 Å². The molecule has 0 unspecified atom stereocenters. The summed E-state index contributed by atoms with van der Waals surface area (Å²) in [7, 11) is 0. The van der Waals surface area contributed by atoms with E-state index < -0.39 is 11.7 Å². The number of hydrogen-bond donors (Lipinski definition) is 1. The highest BCUT2D eigenvalue weighted by Crippen LogP contribution is 2.32. The van der Waals surface area contributed by atoms with Crippen LogP contribution < -0.4 is 5.32 Å². The van der Waals surface area contributed by atoms with Crippen molar-refractivity contribution in [3.63, 3.8) is 0 Å². The van der Waals surface area contributed by atoms with E-state index in [1.165, 1.54) is 0 Å². The second-order valence-electron chi connectivity index (χ2n) is 4.93. The summed E-state index contributed by atoms with van der Waals surface area (Å²) in [6, 6.07) is 0.834. The molecule has 0 saturated heterocycles. The number of nitrogens with one attached hydrogen (secondary N) is 1. The smallest absolute Gasteiger partial charge is 0.368 e. The largest absolute Gasteiger partial charge is 0.417 e. The minimum absolute atomic E-state index is 0.0942. The van der Waals surface area contributed by atoms with Crippen LogP contribution in [0.4, 0.5) is 19.0 Å². The molecule has 0 aliphatic heterocycles. The first-order valence-electron chi connectivity index (χ1n) is 6.56. The monoisotopic (exact) mass is 334 g/mol. The molecule has 9 heteroatoms. The molecule has 0 saturated carbocycles. The van der Waals surface area contributed by atoms with Crippen molar-refractivity contribution in [1.82, 2.24) is 15.1 Å². The maximum absolute atomic E-state index is 12.5. The average Bonchev–Trinajstić information content (AvgIpc) is 2.88. The zero-order valence-electron chi connectivity index (χ0n) is 11.9. The highest BCUT2D eigenvalue weighted by atomic mass is 35.5. The first-order valence-corrected chi connectivity index (χ1v) is 6.94. The van der Waals surface area contributed by atoms with Gasteiger partial charge in [0.25, 0.3) is 0 Å². The second-order valence-corrected chi connectivity index (χ2v) is 5.34. The van der Waals surface area contributed by atoms with Gasteiger partial charge in [-0.05, 0) is 6.07 Å². The molecule has 0 bridgehead atoms. The minimum atomic E-state index is -4.47. The number of aromatic nitrogens is 3. The molecule has 2 aromatic heterocycles. The molecule has 1 N–H and O–H groups in total. The lowest BCUT2D eigenvalue weighted by molar-refractivity contribution is -0.137. The molecule has 0 amide bonds. The lowest BCUT2D eigenvalue weighted by Gasteiger charge is -2.10. The van der Waals surface area contributed by atoms with Gasteiger partial charge in [0, 0.05) is 25.1 Å². The molecule has 2 rings (SSSR count). The van der Waals surface area contributed by atoms with E-state index in [1.807, 2.05) is 13.8 Å². The van der Waals surface area contributed by atoms with Gasteiger partial charge in [-0.25, -0.2) is 4.98 Å². The third kappa shape index (κ3) is 4.09. The molecule has 0 aliphatic rings. The van der Waals surface area contributed by atoms with Crippen LogP contribution in [0, 0.1) is 0 Å². The number of hydrogen-bond acceptors (Lipinski definition) is 5. The average molecular weight is 335 g/mol. The van der Waals surface area contributed by atoms with Gasteiger partial charge in [-0.15, -0.1) is 0 Å². The summed E-state index contributed by atoms with van der Waals surface area (Å²) in [6.45, 7) is 4.25. The van der Waals surface area contributed by atoms with Crippen molar-refractivity contribution in [3.8, 4) is 0 Å². The Balaban J connectivity index is 1.94. The molecular weight excluding hydrogens is 321 g/mol. The molecule has 0 aromatic carbocycles. The van der Waals surface area contributed by atoms with Crippen LogP contribution >= 0.6 is 11.6 Å². The molecule has 0 fully saturated rings. The second kappa shape index (κ2) is 6.51. The van der Waals surface area contributed by atoms with Gasteiger partial charge in [0.05, 0.1) is 10.6 Å². The Kier molecular flexibility index (Phi) is 4.90. The van der Waals surface area contributed by atoms with E-state index in [2.05, 4.69) is 20.4 Å². The van der Waals surface area contributed by atoms with Gasteiger partial charge in [-0.3, -0.25) is 0 Å². The van der Waals surface area contributed by atoms with Crippen molar-refractivity contribution in [2.45, 2.75) is 32.4 Å². The third-order valence-electron chi connectivity index (χ3n) is 2.80. The lowest BCUT2D eigenvalue weighted by atomic mass is 10.2. The maximum atomic E-state index is 12.5. The molecule has 22 heavy (non-hydrogen) atoms. The van der Waals surface area contributed by atoms with E-state index in [0.29, 0.717) is 24.7 Å². The number of halogens is 4. The quantitative estimate of drug-likeness (QED) is 0.898. The lowest BCUT2D eigenvalue weighted by Crippen LogP contribution is -2.10. The summed E-state index contributed by atoms with van der Waals surface area (Å²) < 4.78 is 42.5. The summed E-state index contributed by atoms with van der Waals surface area (Å²) in [6.07, 6.45) is -3.32. The van der Waals surface area contributed by atoms with Crippen molar-refractivity contribution in [1.29, 1.82) is 0 Å². The summed E-state index contributed by atoms with van der Waals surface area (Å²) in [5.74, 6) is 1.40. The Labute approximate surface area is 129 Å². The van der Waals surface area contributed by atoms with Crippen molar-refractivity contribution < 1.29 is 17.7 Å². The predicted molar refractivity (Wildman–Crippen MR) is 74.8 cm³/mol. The van der Waals surface area contributed by atoms with Crippen LogP contribution in [0.15, 0.2) is 16.8 Å². The van der Waals surface area contributed by atoms with Gasteiger partial charge in [0.1, 0.15) is 5.82 Å². The molecule has 0 aliphatic carbocycles. The van der Waals surface area contributed by atoms with Crippen LogP contribution in [0.3, 0.4) is 0 Å². The van der Waals surface area contributed by atoms with E-state index in [4.69, 9.17) is 16.1 Å². The zero-order valence-corrected chi connectivity index (χ0v) is 12.7. The standard InChI is InChI=1S/C13H14ClF3N4O/c1-7(2)11-20-10(22-21-11)3-4-18-12-9(14)5-8(6-19-12)13(15,16)17/h5-7H,3-4H2,1-2H3,(H,18,19). The van der Waals surface area contributed by atoms with E-state index in [9.17, 15) is 13.2 Å². The molecule has 120 valence electrons. The van der Waals surface area contributed by atoms with E-state index in [1.54, 1.807) is 0 Å².